The first-order chi connectivity index (χ1) is 10.1. The van der Waals surface area contributed by atoms with Crippen LogP contribution in [0, 0.1) is 11.6 Å². The van der Waals surface area contributed by atoms with Crippen molar-refractivity contribution < 1.29 is 18.3 Å². The molecule has 21 heavy (non-hydrogen) atoms. The number of methoxy groups -OCH3 is 1. The Morgan fingerprint density at radius 3 is 2.52 bits per heavy atom. The van der Waals surface area contributed by atoms with E-state index in [0.717, 1.165) is 5.56 Å². The van der Waals surface area contributed by atoms with Crippen molar-refractivity contribution in [3.8, 4) is 11.5 Å². The van der Waals surface area contributed by atoms with Crippen molar-refractivity contribution in [1.82, 2.24) is 0 Å². The summed E-state index contributed by atoms with van der Waals surface area (Å²) in [6.45, 7) is -0.223. The fourth-order valence-electron chi connectivity index (χ4n) is 1.77. The molecule has 0 bridgehead atoms. The molecule has 0 N–H and O–H groups in total. The van der Waals surface area contributed by atoms with Gasteiger partial charge in [0, 0.05) is 5.33 Å². The number of benzene rings is 2. The average molecular weight is 422 g/mol. The Hall–Kier alpha value is -1.14. The van der Waals surface area contributed by atoms with E-state index in [4.69, 9.17) is 9.47 Å². The summed E-state index contributed by atoms with van der Waals surface area (Å²) in [5.74, 6) is -0.360. The minimum Gasteiger partial charge on any atom is -0.493 e. The molecule has 0 aliphatic heterocycles. The second kappa shape index (κ2) is 7.22. The molecule has 6 heteroatoms. The zero-order chi connectivity index (χ0) is 15.4. The summed E-state index contributed by atoms with van der Waals surface area (Å²) < 4.78 is 38.5. The van der Waals surface area contributed by atoms with E-state index in [9.17, 15) is 8.78 Å². The van der Waals surface area contributed by atoms with E-state index in [0.29, 0.717) is 16.8 Å². The van der Waals surface area contributed by atoms with Crippen molar-refractivity contribution in [1.29, 1.82) is 0 Å². The lowest BCUT2D eigenvalue weighted by Gasteiger charge is -2.13. The molecule has 112 valence electrons. The largest absolute Gasteiger partial charge is 0.493 e. The van der Waals surface area contributed by atoms with E-state index in [1.807, 2.05) is 6.07 Å². The maximum absolute atomic E-state index is 13.9. The monoisotopic (exact) mass is 420 g/mol. The third-order valence-electron chi connectivity index (χ3n) is 2.89. The van der Waals surface area contributed by atoms with E-state index >= 15 is 0 Å². The van der Waals surface area contributed by atoms with Gasteiger partial charge in [-0.3, -0.25) is 0 Å². The van der Waals surface area contributed by atoms with Crippen molar-refractivity contribution in [2.45, 2.75) is 11.9 Å². The Bertz CT molecular complexity index is 648. The highest BCUT2D eigenvalue weighted by Crippen LogP contribution is 2.30. The molecular formula is C15H12Br2F2O2. The van der Waals surface area contributed by atoms with E-state index in [-0.39, 0.29) is 16.6 Å². The zero-order valence-electron chi connectivity index (χ0n) is 11.1. The quantitative estimate of drug-likeness (QED) is 0.487. The summed E-state index contributed by atoms with van der Waals surface area (Å²) in [6.07, 6.45) is 0. The van der Waals surface area contributed by atoms with Gasteiger partial charge in [-0.1, -0.05) is 22.0 Å². The molecule has 0 fully saturated rings. The van der Waals surface area contributed by atoms with E-state index in [2.05, 4.69) is 31.9 Å². The number of halogens is 4. The van der Waals surface area contributed by atoms with Crippen molar-refractivity contribution in [2.24, 2.45) is 0 Å². The molecule has 0 unspecified atom stereocenters. The second-order valence-corrected chi connectivity index (χ2v) is 5.64. The van der Waals surface area contributed by atoms with Gasteiger partial charge < -0.3 is 9.47 Å². The van der Waals surface area contributed by atoms with Crippen molar-refractivity contribution in [3.05, 3.63) is 57.6 Å². The normalized spacial score (nSPS) is 10.5. The summed E-state index contributed by atoms with van der Waals surface area (Å²) in [7, 11) is 1.51. The van der Waals surface area contributed by atoms with Gasteiger partial charge >= 0.3 is 0 Å². The Kier molecular flexibility index (Phi) is 5.58. The van der Waals surface area contributed by atoms with E-state index in [1.165, 1.54) is 19.2 Å². The summed E-state index contributed by atoms with van der Waals surface area (Å²) in [5, 5.41) is 0.646. The Morgan fingerprint density at radius 1 is 1.10 bits per heavy atom. The van der Waals surface area contributed by atoms with Gasteiger partial charge in [0.05, 0.1) is 17.1 Å². The lowest BCUT2D eigenvalue weighted by atomic mass is 10.2. The highest BCUT2D eigenvalue weighted by atomic mass is 79.9. The standard InChI is InChI=1S/C15H12Br2F2O2/c1-20-13-5-2-9(7-16)6-14(13)21-8-10-12(18)4-3-11(17)15(10)19/h2-6H,7-8H2,1H3. The van der Waals surface area contributed by atoms with Gasteiger partial charge in [-0.05, 0) is 45.8 Å². The fraction of sp³-hybridized carbons (Fsp3) is 0.200. The zero-order valence-corrected chi connectivity index (χ0v) is 14.3. The predicted octanol–water partition coefficient (Wildman–Crippen LogP) is 5.21. The number of hydrogen-bond donors (Lipinski definition) is 0. The number of rotatable bonds is 5. The van der Waals surface area contributed by atoms with Gasteiger partial charge in [0.15, 0.2) is 11.5 Å². The molecule has 0 aliphatic rings. The average Bonchev–Trinajstić information content (AvgIpc) is 2.50. The Morgan fingerprint density at radius 2 is 1.86 bits per heavy atom. The van der Waals surface area contributed by atoms with Crippen molar-refractivity contribution in [2.75, 3.05) is 7.11 Å². The molecule has 0 aliphatic carbocycles. The molecule has 2 aromatic carbocycles. The van der Waals surface area contributed by atoms with Crippen LogP contribution in [0.4, 0.5) is 8.78 Å². The lowest BCUT2D eigenvalue weighted by molar-refractivity contribution is 0.273. The minimum atomic E-state index is -0.661. The van der Waals surface area contributed by atoms with Crippen molar-refractivity contribution >= 4 is 31.9 Å². The van der Waals surface area contributed by atoms with Crippen LogP contribution in [0.15, 0.2) is 34.8 Å². The topological polar surface area (TPSA) is 18.5 Å². The predicted molar refractivity (Wildman–Crippen MR) is 84.0 cm³/mol. The number of ether oxygens (including phenoxy) is 2. The molecule has 0 saturated carbocycles. The van der Waals surface area contributed by atoms with Crippen LogP contribution in [0.2, 0.25) is 0 Å². The number of hydrogen-bond acceptors (Lipinski definition) is 2. The maximum Gasteiger partial charge on any atom is 0.161 e. The van der Waals surface area contributed by atoms with Crippen LogP contribution in [0.1, 0.15) is 11.1 Å². The fourth-order valence-corrected chi connectivity index (χ4v) is 2.49. The van der Waals surface area contributed by atoms with Crippen LogP contribution >= 0.6 is 31.9 Å². The molecule has 0 atom stereocenters. The van der Waals surface area contributed by atoms with Gasteiger partial charge in [-0.15, -0.1) is 0 Å². The highest BCUT2D eigenvalue weighted by Gasteiger charge is 2.14. The van der Waals surface area contributed by atoms with Gasteiger partial charge in [0.25, 0.3) is 0 Å². The van der Waals surface area contributed by atoms with Crippen LogP contribution in [0.25, 0.3) is 0 Å². The Balaban J connectivity index is 2.26. The van der Waals surface area contributed by atoms with E-state index < -0.39 is 11.6 Å². The molecule has 2 nitrogen and oxygen atoms in total. The molecule has 0 radical (unpaired) electrons. The maximum atomic E-state index is 13.9. The van der Waals surface area contributed by atoms with Crippen LogP contribution in [-0.2, 0) is 11.9 Å². The lowest BCUT2D eigenvalue weighted by Crippen LogP contribution is -2.04. The van der Waals surface area contributed by atoms with Gasteiger partial charge in [-0.2, -0.15) is 0 Å². The Labute approximate surface area is 138 Å². The molecule has 2 rings (SSSR count). The van der Waals surface area contributed by atoms with Crippen LogP contribution in [0.5, 0.6) is 11.5 Å². The SMILES string of the molecule is COc1ccc(CBr)cc1OCc1c(F)ccc(Br)c1F. The molecule has 0 heterocycles. The second-order valence-electron chi connectivity index (χ2n) is 4.23. The summed E-state index contributed by atoms with van der Waals surface area (Å²) in [4.78, 5) is 0. The first kappa shape index (κ1) is 16.2. The third kappa shape index (κ3) is 3.74. The molecule has 0 amide bonds. The molecular weight excluding hydrogens is 410 g/mol. The minimum absolute atomic E-state index is 0.129. The molecule has 0 saturated heterocycles. The van der Waals surface area contributed by atoms with Gasteiger partial charge in [0.2, 0.25) is 0 Å². The smallest absolute Gasteiger partial charge is 0.161 e. The highest BCUT2D eigenvalue weighted by molar-refractivity contribution is 9.10. The first-order valence-electron chi connectivity index (χ1n) is 6.05. The first-order valence-corrected chi connectivity index (χ1v) is 7.96. The molecule has 0 aromatic heterocycles. The summed E-state index contributed by atoms with van der Waals surface area (Å²) >= 11 is 6.37. The van der Waals surface area contributed by atoms with Crippen LogP contribution in [0.3, 0.4) is 0 Å². The van der Waals surface area contributed by atoms with E-state index in [1.54, 1.807) is 12.1 Å². The summed E-state index contributed by atoms with van der Waals surface area (Å²) in [5.41, 5.74) is 0.844. The van der Waals surface area contributed by atoms with Crippen LogP contribution in [-0.4, -0.2) is 7.11 Å². The van der Waals surface area contributed by atoms with Gasteiger partial charge in [0.1, 0.15) is 18.2 Å². The van der Waals surface area contributed by atoms with Gasteiger partial charge in [-0.25, -0.2) is 8.78 Å². The van der Waals surface area contributed by atoms with Crippen LogP contribution < -0.4 is 9.47 Å². The van der Waals surface area contributed by atoms with Crippen molar-refractivity contribution in [3.63, 3.8) is 0 Å². The molecule has 2 aromatic rings. The molecule has 0 spiro atoms. The summed E-state index contributed by atoms with van der Waals surface area (Å²) in [6, 6.07) is 7.90. The number of alkyl halides is 1. The third-order valence-corrected chi connectivity index (χ3v) is 4.15.